The number of nitrogens with zero attached hydrogens (tertiary/aromatic N) is 1. The fourth-order valence-corrected chi connectivity index (χ4v) is 5.50. The Labute approximate surface area is 204 Å². The van der Waals surface area contributed by atoms with Crippen molar-refractivity contribution in [2.75, 3.05) is 6.26 Å². The van der Waals surface area contributed by atoms with Crippen LogP contribution in [0, 0.1) is 11.7 Å². The van der Waals surface area contributed by atoms with E-state index < -0.39 is 21.7 Å². The highest BCUT2D eigenvalue weighted by atomic mass is 35.5. The summed E-state index contributed by atoms with van der Waals surface area (Å²) in [5, 5.41) is 3.09. The number of carbonyl (C=O) groups excluding carboxylic acids is 2. The molecule has 0 radical (unpaired) electrons. The SMILES string of the molecule is CC[C@@H]1CC[C@H](C(=O)NC(c2ccc(Cl)c(F)c2)C2CC2)N1C(=O)c1cccc(S(C)(=O)=O)c1. The molecule has 1 unspecified atom stereocenters. The van der Waals surface area contributed by atoms with E-state index in [4.69, 9.17) is 11.6 Å². The Hall–Kier alpha value is -2.45. The molecule has 182 valence electrons. The van der Waals surface area contributed by atoms with Crippen molar-refractivity contribution in [2.45, 2.75) is 62.0 Å². The third-order valence-electron chi connectivity index (χ3n) is 6.71. The molecule has 0 aromatic heterocycles. The van der Waals surface area contributed by atoms with Crippen molar-refractivity contribution in [2.24, 2.45) is 5.92 Å². The molecule has 1 heterocycles. The minimum absolute atomic E-state index is 0.0271. The van der Waals surface area contributed by atoms with Gasteiger partial charge in [-0.05, 0) is 73.9 Å². The molecule has 1 N–H and O–H groups in total. The molecule has 2 fully saturated rings. The van der Waals surface area contributed by atoms with Crippen molar-refractivity contribution in [3.63, 3.8) is 0 Å². The molecule has 6 nitrogen and oxygen atoms in total. The third kappa shape index (κ3) is 5.13. The second kappa shape index (κ2) is 9.66. The van der Waals surface area contributed by atoms with Gasteiger partial charge in [-0.25, -0.2) is 12.8 Å². The lowest BCUT2D eigenvalue weighted by molar-refractivity contribution is -0.126. The zero-order chi connectivity index (χ0) is 24.6. The number of benzene rings is 2. The molecule has 2 aromatic carbocycles. The fourth-order valence-electron chi connectivity index (χ4n) is 4.72. The van der Waals surface area contributed by atoms with Gasteiger partial charge in [0.1, 0.15) is 11.9 Å². The highest BCUT2D eigenvalue weighted by Gasteiger charge is 2.42. The van der Waals surface area contributed by atoms with Crippen molar-refractivity contribution in [1.29, 1.82) is 0 Å². The molecular formula is C25H28ClFN2O4S. The summed E-state index contributed by atoms with van der Waals surface area (Å²) in [5.74, 6) is -0.969. The van der Waals surface area contributed by atoms with Gasteiger partial charge in [-0.3, -0.25) is 9.59 Å². The molecule has 9 heteroatoms. The first-order valence-corrected chi connectivity index (χ1v) is 13.7. The summed E-state index contributed by atoms with van der Waals surface area (Å²) in [6.07, 6.45) is 4.81. The Morgan fingerprint density at radius 3 is 2.50 bits per heavy atom. The summed E-state index contributed by atoms with van der Waals surface area (Å²) < 4.78 is 38.0. The molecule has 1 saturated carbocycles. The average Bonchev–Trinajstić information content (AvgIpc) is 3.55. The minimum atomic E-state index is -3.48. The number of amides is 2. The van der Waals surface area contributed by atoms with E-state index in [1.807, 2.05) is 6.92 Å². The summed E-state index contributed by atoms with van der Waals surface area (Å²) >= 11 is 5.83. The number of nitrogens with one attached hydrogen (secondary N) is 1. The lowest BCUT2D eigenvalue weighted by Crippen LogP contribution is -2.49. The largest absolute Gasteiger partial charge is 0.347 e. The molecular weight excluding hydrogens is 479 g/mol. The normalized spacial score (nSPS) is 21.4. The number of rotatable bonds is 7. The van der Waals surface area contributed by atoms with Gasteiger partial charge in [0.2, 0.25) is 5.91 Å². The molecule has 34 heavy (non-hydrogen) atoms. The van der Waals surface area contributed by atoms with Crippen molar-refractivity contribution >= 4 is 33.3 Å². The zero-order valence-corrected chi connectivity index (χ0v) is 20.7. The predicted octanol–water partition coefficient (Wildman–Crippen LogP) is 4.53. The van der Waals surface area contributed by atoms with E-state index in [1.54, 1.807) is 17.0 Å². The van der Waals surface area contributed by atoms with Gasteiger partial charge < -0.3 is 10.2 Å². The first kappa shape index (κ1) is 24.7. The summed E-state index contributed by atoms with van der Waals surface area (Å²) in [7, 11) is -3.48. The van der Waals surface area contributed by atoms with Crippen LogP contribution < -0.4 is 5.32 Å². The van der Waals surface area contributed by atoms with E-state index in [0.717, 1.165) is 19.1 Å². The maximum absolute atomic E-state index is 14.1. The lowest BCUT2D eigenvalue weighted by Gasteiger charge is -2.31. The highest BCUT2D eigenvalue weighted by Crippen LogP contribution is 2.42. The molecule has 4 rings (SSSR count). The fraction of sp³-hybridized carbons (Fsp3) is 0.440. The van der Waals surface area contributed by atoms with Crippen molar-refractivity contribution in [3.8, 4) is 0 Å². The number of halogens is 2. The molecule has 1 aliphatic carbocycles. The maximum atomic E-state index is 14.1. The van der Waals surface area contributed by atoms with Gasteiger partial charge in [-0.2, -0.15) is 0 Å². The van der Waals surface area contributed by atoms with Gasteiger partial charge in [0.25, 0.3) is 5.91 Å². The van der Waals surface area contributed by atoms with Crippen LogP contribution in [-0.4, -0.2) is 43.5 Å². The smallest absolute Gasteiger partial charge is 0.254 e. The van der Waals surface area contributed by atoms with Crippen LogP contribution in [0.25, 0.3) is 0 Å². The zero-order valence-electron chi connectivity index (χ0n) is 19.1. The van der Waals surface area contributed by atoms with Crippen LogP contribution in [0.15, 0.2) is 47.4 Å². The minimum Gasteiger partial charge on any atom is -0.347 e. The van der Waals surface area contributed by atoms with E-state index in [0.29, 0.717) is 24.8 Å². The van der Waals surface area contributed by atoms with Crippen LogP contribution in [0.4, 0.5) is 4.39 Å². The average molecular weight is 507 g/mol. The van der Waals surface area contributed by atoms with E-state index >= 15 is 0 Å². The van der Waals surface area contributed by atoms with Gasteiger partial charge in [-0.1, -0.05) is 30.7 Å². The van der Waals surface area contributed by atoms with Crippen LogP contribution in [-0.2, 0) is 14.6 Å². The number of carbonyl (C=O) groups is 2. The Bertz CT molecular complexity index is 1220. The van der Waals surface area contributed by atoms with E-state index in [1.165, 1.54) is 30.3 Å². The van der Waals surface area contributed by atoms with Crippen LogP contribution in [0.2, 0.25) is 5.02 Å². The molecule has 2 aliphatic rings. The second-order valence-electron chi connectivity index (χ2n) is 9.16. The first-order valence-electron chi connectivity index (χ1n) is 11.5. The lowest BCUT2D eigenvalue weighted by atomic mass is 10.0. The molecule has 0 spiro atoms. The van der Waals surface area contributed by atoms with Gasteiger partial charge in [-0.15, -0.1) is 0 Å². The summed E-state index contributed by atoms with van der Waals surface area (Å²) in [4.78, 5) is 28.6. The molecule has 2 aromatic rings. The maximum Gasteiger partial charge on any atom is 0.254 e. The molecule has 1 saturated heterocycles. The summed E-state index contributed by atoms with van der Waals surface area (Å²) in [6.45, 7) is 1.96. The molecule has 3 atom stereocenters. The predicted molar refractivity (Wildman–Crippen MR) is 128 cm³/mol. The Kier molecular flexibility index (Phi) is 7.01. The van der Waals surface area contributed by atoms with Crippen LogP contribution in [0.3, 0.4) is 0 Å². The van der Waals surface area contributed by atoms with Gasteiger partial charge >= 0.3 is 0 Å². The quantitative estimate of drug-likeness (QED) is 0.598. The first-order chi connectivity index (χ1) is 16.1. The van der Waals surface area contributed by atoms with Crippen LogP contribution in [0.5, 0.6) is 0 Å². The standard InChI is InChI=1S/C25H28ClFN2O4S/c1-3-18-10-12-22(29(18)25(31)17-5-4-6-19(13-17)34(2,32)33)24(30)28-23(15-7-8-15)16-9-11-20(26)21(27)14-16/h4-6,9,11,13-15,18,22-23H,3,7-8,10,12H2,1-2H3,(H,28,30)/t18-,22-,23?/m1/s1. The van der Waals surface area contributed by atoms with Crippen molar-refractivity contribution in [1.82, 2.24) is 10.2 Å². The van der Waals surface area contributed by atoms with Crippen LogP contribution in [0.1, 0.15) is 61.0 Å². The van der Waals surface area contributed by atoms with Gasteiger partial charge in [0.05, 0.1) is 16.0 Å². The third-order valence-corrected chi connectivity index (χ3v) is 8.13. The molecule has 1 aliphatic heterocycles. The van der Waals surface area contributed by atoms with Gasteiger partial charge in [0, 0.05) is 17.9 Å². The van der Waals surface area contributed by atoms with E-state index in [2.05, 4.69) is 5.32 Å². The topological polar surface area (TPSA) is 83.6 Å². The molecule has 2 amide bonds. The summed E-state index contributed by atoms with van der Waals surface area (Å²) in [6, 6.07) is 9.31. The number of likely N-dealkylation sites (tertiary alicyclic amines) is 1. The Morgan fingerprint density at radius 2 is 1.88 bits per heavy atom. The van der Waals surface area contributed by atoms with Crippen molar-refractivity contribution in [3.05, 3.63) is 64.4 Å². The highest BCUT2D eigenvalue weighted by molar-refractivity contribution is 7.90. The number of sulfone groups is 1. The second-order valence-corrected chi connectivity index (χ2v) is 11.6. The number of hydrogen-bond acceptors (Lipinski definition) is 4. The van der Waals surface area contributed by atoms with Gasteiger partial charge in [0.15, 0.2) is 9.84 Å². The monoisotopic (exact) mass is 506 g/mol. The van der Waals surface area contributed by atoms with Crippen LogP contribution >= 0.6 is 11.6 Å². The van der Waals surface area contributed by atoms with Crippen molar-refractivity contribution < 1.29 is 22.4 Å². The Morgan fingerprint density at radius 1 is 1.15 bits per heavy atom. The van der Waals surface area contributed by atoms with E-state index in [9.17, 15) is 22.4 Å². The van der Waals surface area contributed by atoms with E-state index in [-0.39, 0.29) is 45.3 Å². The number of hydrogen-bond donors (Lipinski definition) is 1. The Balaban J connectivity index is 1.59. The molecule has 0 bridgehead atoms. The summed E-state index contributed by atoms with van der Waals surface area (Å²) in [5.41, 5.74) is 0.890.